The first-order valence-electron chi connectivity index (χ1n) is 7.05. The van der Waals surface area contributed by atoms with Crippen molar-refractivity contribution < 1.29 is 24.1 Å². The van der Waals surface area contributed by atoms with Crippen LogP contribution in [0.25, 0.3) is 0 Å². The van der Waals surface area contributed by atoms with E-state index in [9.17, 15) is 9.90 Å². The van der Waals surface area contributed by atoms with Crippen molar-refractivity contribution in [1.29, 1.82) is 0 Å². The summed E-state index contributed by atoms with van der Waals surface area (Å²) in [5.74, 6) is 0.570. The highest BCUT2D eigenvalue weighted by molar-refractivity contribution is 9.10. The fourth-order valence-corrected chi connectivity index (χ4v) is 2.86. The number of carbonyl (C=O) groups is 1. The Morgan fingerprint density at radius 3 is 2.67 bits per heavy atom. The minimum atomic E-state index is -1.33. The molecule has 1 aromatic carbocycles. The van der Waals surface area contributed by atoms with Crippen LogP contribution in [0.3, 0.4) is 0 Å². The van der Waals surface area contributed by atoms with Crippen LogP contribution >= 0.6 is 15.9 Å². The zero-order valence-corrected chi connectivity index (χ0v) is 13.7. The van der Waals surface area contributed by atoms with E-state index in [1.54, 1.807) is 13.0 Å². The van der Waals surface area contributed by atoms with E-state index in [1.165, 1.54) is 0 Å². The Labute approximate surface area is 132 Å². The third kappa shape index (κ3) is 3.32. The smallest absolute Gasteiger partial charge is 0.339 e. The Balaban J connectivity index is 2.49. The predicted molar refractivity (Wildman–Crippen MR) is 80.7 cm³/mol. The summed E-state index contributed by atoms with van der Waals surface area (Å²) in [5, 5.41) is 10.2. The van der Waals surface area contributed by atoms with Crippen LogP contribution in [0.1, 0.15) is 37.5 Å². The molecule has 0 fully saturated rings. The highest BCUT2D eigenvalue weighted by Crippen LogP contribution is 2.43. The van der Waals surface area contributed by atoms with Crippen molar-refractivity contribution in [3.8, 4) is 11.5 Å². The average molecular weight is 359 g/mol. The molecule has 1 atom stereocenters. The maximum Gasteiger partial charge on any atom is 0.339 e. The first-order valence-corrected chi connectivity index (χ1v) is 7.85. The normalized spacial score (nSPS) is 15.2. The van der Waals surface area contributed by atoms with E-state index in [0.717, 1.165) is 12.0 Å². The minimum absolute atomic E-state index is 0.225. The zero-order chi connectivity index (χ0) is 15.4. The van der Waals surface area contributed by atoms with Gasteiger partial charge in [-0.2, -0.15) is 0 Å². The maximum atomic E-state index is 11.8. The van der Waals surface area contributed by atoms with Crippen LogP contribution in [0.15, 0.2) is 10.5 Å². The second-order valence-corrected chi connectivity index (χ2v) is 5.50. The molecule has 116 valence electrons. The van der Waals surface area contributed by atoms with Gasteiger partial charge in [0.2, 0.25) is 0 Å². The van der Waals surface area contributed by atoms with Crippen molar-refractivity contribution in [3.05, 3.63) is 21.7 Å². The van der Waals surface area contributed by atoms with Gasteiger partial charge in [-0.1, -0.05) is 6.92 Å². The molecule has 0 amide bonds. The summed E-state index contributed by atoms with van der Waals surface area (Å²) in [6, 6.07) is 1.70. The third-order valence-corrected chi connectivity index (χ3v) is 3.86. The van der Waals surface area contributed by atoms with E-state index in [1.807, 2.05) is 6.92 Å². The van der Waals surface area contributed by atoms with Gasteiger partial charge in [-0.05, 0) is 40.9 Å². The number of esters is 1. The molecular weight excluding hydrogens is 340 g/mol. The summed E-state index contributed by atoms with van der Waals surface area (Å²) in [7, 11) is 0. The van der Waals surface area contributed by atoms with Crippen LogP contribution < -0.4 is 9.47 Å². The number of carbonyl (C=O) groups excluding carboxylic acids is 1. The quantitative estimate of drug-likeness (QED) is 0.838. The molecule has 0 aliphatic carbocycles. The number of aliphatic hydroxyl groups excluding tert-OH is 1. The minimum Gasteiger partial charge on any atom is -0.489 e. The lowest BCUT2D eigenvalue weighted by atomic mass is 9.98. The van der Waals surface area contributed by atoms with Gasteiger partial charge >= 0.3 is 5.97 Å². The van der Waals surface area contributed by atoms with Crippen LogP contribution in [-0.4, -0.2) is 30.9 Å². The number of aliphatic hydroxyl groups is 1. The van der Waals surface area contributed by atoms with Crippen molar-refractivity contribution in [1.82, 2.24) is 0 Å². The van der Waals surface area contributed by atoms with Gasteiger partial charge in [-0.25, -0.2) is 4.79 Å². The van der Waals surface area contributed by atoms with Crippen molar-refractivity contribution in [2.24, 2.45) is 0 Å². The van der Waals surface area contributed by atoms with Gasteiger partial charge in [0.25, 0.3) is 0 Å². The molecule has 1 unspecified atom stereocenters. The number of benzene rings is 1. The van der Waals surface area contributed by atoms with Crippen molar-refractivity contribution in [2.75, 3.05) is 19.8 Å². The van der Waals surface area contributed by atoms with Crippen molar-refractivity contribution in [2.45, 2.75) is 32.8 Å². The number of ether oxygens (including phenoxy) is 3. The first kappa shape index (κ1) is 16.1. The van der Waals surface area contributed by atoms with Crippen LogP contribution in [0.5, 0.6) is 11.5 Å². The molecule has 0 spiro atoms. The molecule has 21 heavy (non-hydrogen) atoms. The molecule has 5 nitrogen and oxygen atoms in total. The summed E-state index contributed by atoms with van der Waals surface area (Å²) in [4.78, 5) is 11.8. The summed E-state index contributed by atoms with van der Waals surface area (Å²) in [6.45, 7) is 5.00. The first-order chi connectivity index (χ1) is 10.1. The van der Waals surface area contributed by atoms with Crippen molar-refractivity contribution in [3.63, 3.8) is 0 Å². The Morgan fingerprint density at radius 1 is 1.38 bits per heavy atom. The molecule has 0 radical (unpaired) electrons. The van der Waals surface area contributed by atoms with Gasteiger partial charge < -0.3 is 19.3 Å². The van der Waals surface area contributed by atoms with Gasteiger partial charge in [-0.3, -0.25) is 0 Å². The maximum absolute atomic E-state index is 11.8. The lowest BCUT2D eigenvalue weighted by Gasteiger charge is -2.20. The molecule has 6 heteroatoms. The fraction of sp³-hybridized carbons (Fsp3) is 0.533. The second-order valence-electron chi connectivity index (χ2n) is 4.64. The van der Waals surface area contributed by atoms with Gasteiger partial charge in [-0.15, -0.1) is 0 Å². The molecule has 1 N–H and O–H groups in total. The van der Waals surface area contributed by atoms with Gasteiger partial charge in [0, 0.05) is 12.0 Å². The van der Waals surface area contributed by atoms with Gasteiger partial charge in [0.15, 0.2) is 17.6 Å². The predicted octanol–water partition coefficient (Wildman–Crippen LogP) is 2.77. The molecular formula is C15H19BrO5. The van der Waals surface area contributed by atoms with Gasteiger partial charge in [0.05, 0.1) is 24.3 Å². The summed E-state index contributed by atoms with van der Waals surface area (Å²) in [6.07, 6.45) is 0.0819. The van der Waals surface area contributed by atoms with E-state index < -0.39 is 12.1 Å². The average Bonchev–Trinajstić information content (AvgIpc) is 2.73. The topological polar surface area (TPSA) is 65.0 Å². The van der Waals surface area contributed by atoms with E-state index >= 15 is 0 Å². The van der Waals surface area contributed by atoms with Crippen LogP contribution in [-0.2, 0) is 16.0 Å². The van der Waals surface area contributed by atoms with Crippen molar-refractivity contribution >= 4 is 21.9 Å². The Bertz CT molecular complexity index is 529. The van der Waals surface area contributed by atoms with E-state index in [-0.39, 0.29) is 6.61 Å². The molecule has 0 bridgehead atoms. The van der Waals surface area contributed by atoms with Crippen LogP contribution in [0, 0.1) is 0 Å². The molecule has 1 heterocycles. The Hall–Kier alpha value is -1.27. The molecule has 1 aliphatic heterocycles. The van der Waals surface area contributed by atoms with E-state index in [0.29, 0.717) is 41.2 Å². The lowest BCUT2D eigenvalue weighted by Crippen LogP contribution is -2.17. The lowest BCUT2D eigenvalue weighted by molar-refractivity contribution is -0.153. The molecule has 1 aliphatic rings. The number of halogens is 1. The molecule has 1 aromatic rings. The summed E-state index contributed by atoms with van der Waals surface area (Å²) >= 11 is 3.42. The zero-order valence-electron chi connectivity index (χ0n) is 12.1. The SMILES string of the molecule is CCOC(=O)C(O)c1cc(Br)c2c(c1CC)OCCCO2. The fourth-order valence-electron chi connectivity index (χ4n) is 2.32. The molecule has 2 rings (SSSR count). The van der Waals surface area contributed by atoms with E-state index in [4.69, 9.17) is 14.2 Å². The monoisotopic (exact) mass is 358 g/mol. The summed E-state index contributed by atoms with van der Waals surface area (Å²) < 4.78 is 17.0. The second kappa shape index (κ2) is 7.13. The number of rotatable bonds is 4. The van der Waals surface area contributed by atoms with Crippen LogP contribution in [0.2, 0.25) is 0 Å². The Kier molecular flexibility index (Phi) is 5.47. The standard InChI is InChI=1S/C15H19BrO5/c1-3-9-10(12(17)15(18)19-4-2)8-11(16)14-13(9)20-6-5-7-21-14/h8,12,17H,3-7H2,1-2H3. The summed E-state index contributed by atoms with van der Waals surface area (Å²) in [5.41, 5.74) is 1.27. The largest absolute Gasteiger partial charge is 0.489 e. The molecule has 0 aromatic heterocycles. The molecule has 0 saturated carbocycles. The number of hydrogen-bond donors (Lipinski definition) is 1. The van der Waals surface area contributed by atoms with Crippen LogP contribution in [0.4, 0.5) is 0 Å². The van der Waals surface area contributed by atoms with E-state index in [2.05, 4.69) is 15.9 Å². The third-order valence-electron chi connectivity index (χ3n) is 3.27. The highest BCUT2D eigenvalue weighted by atomic mass is 79.9. The molecule has 0 saturated heterocycles. The van der Waals surface area contributed by atoms with Gasteiger partial charge in [0.1, 0.15) is 0 Å². The number of fused-ring (bicyclic) bond motifs is 1. The highest BCUT2D eigenvalue weighted by Gasteiger charge is 2.28. The Morgan fingerprint density at radius 2 is 2.05 bits per heavy atom. The number of hydrogen-bond acceptors (Lipinski definition) is 5.